The number of carbonyl (C=O) groups excluding carboxylic acids is 1. The van der Waals surface area contributed by atoms with Gasteiger partial charge < -0.3 is 10.2 Å². The van der Waals surface area contributed by atoms with Crippen LogP contribution in [0.15, 0.2) is 72.8 Å². The molecule has 1 aliphatic heterocycles. The molecule has 0 bridgehead atoms. The van der Waals surface area contributed by atoms with Gasteiger partial charge in [-0.3, -0.25) is 4.79 Å². The van der Waals surface area contributed by atoms with Crippen LogP contribution in [0.3, 0.4) is 0 Å². The molecule has 4 heteroatoms. The van der Waals surface area contributed by atoms with E-state index < -0.39 is 0 Å². The predicted octanol–water partition coefficient (Wildman–Crippen LogP) is 5.42. The molecule has 1 N–H and O–H groups in total. The average molecular weight is 363 g/mol. The molecular weight excluding hydrogens is 344 g/mol. The van der Waals surface area contributed by atoms with E-state index in [1.807, 2.05) is 65.6 Å². The zero-order valence-corrected chi connectivity index (χ0v) is 15.2. The van der Waals surface area contributed by atoms with Gasteiger partial charge in [-0.05, 0) is 36.8 Å². The van der Waals surface area contributed by atoms with E-state index in [0.717, 1.165) is 22.4 Å². The summed E-state index contributed by atoms with van der Waals surface area (Å²) < 4.78 is 0. The Bertz CT molecular complexity index is 952. The number of rotatable bonds is 4. The zero-order chi connectivity index (χ0) is 18.1. The maximum Gasteiger partial charge on any atom is 0.256 e. The van der Waals surface area contributed by atoms with Gasteiger partial charge in [0.05, 0.1) is 0 Å². The molecule has 1 aliphatic rings. The summed E-state index contributed by atoms with van der Waals surface area (Å²) in [7, 11) is 0. The van der Waals surface area contributed by atoms with Crippen molar-refractivity contribution in [2.45, 2.75) is 19.6 Å². The van der Waals surface area contributed by atoms with Crippen molar-refractivity contribution in [2.75, 3.05) is 5.32 Å². The number of aryl methyl sites for hydroxylation is 1. The summed E-state index contributed by atoms with van der Waals surface area (Å²) in [6.45, 7) is 2.51. The molecule has 0 aliphatic carbocycles. The Labute approximate surface area is 158 Å². The van der Waals surface area contributed by atoms with E-state index in [4.69, 9.17) is 11.6 Å². The lowest BCUT2D eigenvalue weighted by Gasteiger charge is -2.27. The number of amides is 1. The lowest BCUT2D eigenvalue weighted by Crippen LogP contribution is -2.32. The summed E-state index contributed by atoms with van der Waals surface area (Å²) >= 11 is 6.33. The van der Waals surface area contributed by atoms with Crippen molar-refractivity contribution in [3.8, 4) is 0 Å². The van der Waals surface area contributed by atoms with E-state index in [2.05, 4.69) is 24.4 Å². The molecule has 0 fully saturated rings. The summed E-state index contributed by atoms with van der Waals surface area (Å²) in [5, 5.41) is 4.18. The maximum atomic E-state index is 13.0. The molecule has 0 aromatic heterocycles. The zero-order valence-electron chi connectivity index (χ0n) is 14.4. The topological polar surface area (TPSA) is 32.3 Å². The van der Waals surface area contributed by atoms with E-state index in [0.29, 0.717) is 11.6 Å². The number of carbonyl (C=O) groups is 1. The van der Waals surface area contributed by atoms with Gasteiger partial charge in [-0.25, -0.2) is 0 Å². The van der Waals surface area contributed by atoms with E-state index in [1.54, 1.807) is 0 Å². The Morgan fingerprint density at radius 2 is 1.65 bits per heavy atom. The molecular formula is C22H19ClN2O. The maximum absolute atomic E-state index is 13.0. The molecule has 0 unspecified atom stereocenters. The van der Waals surface area contributed by atoms with Crippen LogP contribution in [0.5, 0.6) is 0 Å². The molecule has 3 aromatic rings. The number of fused-ring (bicyclic) bond motifs is 1. The fourth-order valence-corrected chi connectivity index (χ4v) is 3.50. The van der Waals surface area contributed by atoms with Crippen molar-refractivity contribution in [1.82, 2.24) is 4.90 Å². The molecule has 4 rings (SSSR count). The normalized spacial score (nSPS) is 15.8. The van der Waals surface area contributed by atoms with Crippen molar-refractivity contribution in [2.24, 2.45) is 0 Å². The van der Waals surface area contributed by atoms with Crippen molar-refractivity contribution >= 4 is 23.2 Å². The van der Waals surface area contributed by atoms with Crippen LogP contribution in [-0.2, 0) is 6.54 Å². The second-order valence-corrected chi connectivity index (χ2v) is 6.93. The number of hydrogen-bond acceptors (Lipinski definition) is 2. The van der Waals surface area contributed by atoms with Crippen LogP contribution in [0.1, 0.15) is 33.2 Å². The molecule has 1 atom stereocenters. The Morgan fingerprint density at radius 3 is 2.42 bits per heavy atom. The largest absolute Gasteiger partial charge is 0.361 e. The van der Waals surface area contributed by atoms with E-state index in [1.165, 1.54) is 5.56 Å². The van der Waals surface area contributed by atoms with Gasteiger partial charge in [0.25, 0.3) is 5.91 Å². The molecule has 1 amide bonds. The second kappa shape index (κ2) is 6.85. The smallest absolute Gasteiger partial charge is 0.256 e. The van der Waals surface area contributed by atoms with Crippen molar-refractivity contribution in [1.29, 1.82) is 0 Å². The minimum atomic E-state index is -0.224. The number of anilines is 1. The Morgan fingerprint density at radius 1 is 0.962 bits per heavy atom. The minimum absolute atomic E-state index is 0.0186. The van der Waals surface area contributed by atoms with Crippen molar-refractivity contribution in [3.63, 3.8) is 0 Å². The van der Waals surface area contributed by atoms with Gasteiger partial charge >= 0.3 is 0 Å². The first-order chi connectivity index (χ1) is 12.6. The van der Waals surface area contributed by atoms with Crippen LogP contribution >= 0.6 is 11.6 Å². The highest BCUT2D eigenvalue weighted by Crippen LogP contribution is 2.36. The fraction of sp³-hybridized carbons (Fsp3) is 0.136. The van der Waals surface area contributed by atoms with Crippen LogP contribution in [0.2, 0.25) is 5.02 Å². The first kappa shape index (κ1) is 16.7. The Kier molecular flexibility index (Phi) is 4.39. The fourth-order valence-electron chi connectivity index (χ4n) is 3.31. The molecule has 3 aromatic carbocycles. The molecule has 130 valence electrons. The summed E-state index contributed by atoms with van der Waals surface area (Å²) in [6.07, 6.45) is -0.224. The third kappa shape index (κ3) is 3.06. The molecule has 0 saturated carbocycles. The van der Waals surface area contributed by atoms with Gasteiger partial charge in [0.1, 0.15) is 6.17 Å². The highest BCUT2D eigenvalue weighted by atomic mass is 35.5. The highest BCUT2D eigenvalue weighted by molar-refractivity contribution is 6.31. The standard InChI is InChI=1S/C22H19ClN2O/c1-15-10-12-17(13-11-15)24-21-18-7-3-4-8-19(18)22(26)25(21)14-16-6-2-5-9-20(16)23/h2-13,21,24H,14H2,1H3/t21-/m0/s1. The summed E-state index contributed by atoms with van der Waals surface area (Å²) in [5.41, 5.74) is 4.85. The summed E-state index contributed by atoms with van der Waals surface area (Å²) in [5.74, 6) is 0.0186. The quantitative estimate of drug-likeness (QED) is 0.672. The van der Waals surface area contributed by atoms with Gasteiger partial charge in [-0.1, -0.05) is 65.7 Å². The minimum Gasteiger partial charge on any atom is -0.361 e. The van der Waals surface area contributed by atoms with Crippen LogP contribution in [0, 0.1) is 6.92 Å². The lowest BCUT2D eigenvalue weighted by molar-refractivity contribution is 0.0729. The van der Waals surface area contributed by atoms with Gasteiger partial charge in [0.2, 0.25) is 0 Å². The molecule has 0 spiro atoms. The number of nitrogens with one attached hydrogen (secondary N) is 1. The van der Waals surface area contributed by atoms with Gasteiger partial charge in [-0.15, -0.1) is 0 Å². The lowest BCUT2D eigenvalue weighted by atomic mass is 10.1. The molecule has 26 heavy (non-hydrogen) atoms. The summed E-state index contributed by atoms with van der Waals surface area (Å²) in [6, 6.07) is 23.6. The highest BCUT2D eigenvalue weighted by Gasteiger charge is 2.36. The molecule has 3 nitrogen and oxygen atoms in total. The first-order valence-electron chi connectivity index (χ1n) is 8.60. The predicted molar refractivity (Wildman–Crippen MR) is 105 cm³/mol. The summed E-state index contributed by atoms with van der Waals surface area (Å²) in [4.78, 5) is 14.8. The van der Waals surface area contributed by atoms with E-state index in [9.17, 15) is 4.79 Å². The van der Waals surface area contributed by atoms with Crippen LogP contribution in [-0.4, -0.2) is 10.8 Å². The average Bonchev–Trinajstić information content (AvgIpc) is 2.91. The molecule has 0 radical (unpaired) electrons. The Hall–Kier alpha value is -2.78. The second-order valence-electron chi connectivity index (χ2n) is 6.52. The molecule has 0 saturated heterocycles. The molecule has 1 heterocycles. The number of hydrogen-bond donors (Lipinski definition) is 1. The monoisotopic (exact) mass is 362 g/mol. The number of benzene rings is 3. The van der Waals surface area contributed by atoms with Crippen molar-refractivity contribution in [3.05, 3.63) is 100 Å². The number of halogens is 1. The van der Waals surface area contributed by atoms with Gasteiger partial charge in [-0.2, -0.15) is 0 Å². The van der Waals surface area contributed by atoms with Gasteiger partial charge in [0.15, 0.2) is 0 Å². The number of nitrogens with zero attached hydrogens (tertiary/aromatic N) is 1. The van der Waals surface area contributed by atoms with Crippen LogP contribution < -0.4 is 5.32 Å². The Balaban J connectivity index is 1.70. The van der Waals surface area contributed by atoms with E-state index in [-0.39, 0.29) is 12.1 Å². The first-order valence-corrected chi connectivity index (χ1v) is 8.98. The van der Waals surface area contributed by atoms with E-state index >= 15 is 0 Å². The SMILES string of the molecule is Cc1ccc(N[C@@H]2c3ccccc3C(=O)N2Cc2ccccc2Cl)cc1. The third-order valence-corrected chi connectivity index (χ3v) is 5.08. The van der Waals surface area contributed by atoms with Gasteiger partial charge in [0, 0.05) is 28.4 Å². The third-order valence-electron chi connectivity index (χ3n) is 4.71. The van der Waals surface area contributed by atoms with Crippen LogP contribution in [0.4, 0.5) is 5.69 Å². The van der Waals surface area contributed by atoms with Crippen LogP contribution in [0.25, 0.3) is 0 Å². The van der Waals surface area contributed by atoms with Crippen molar-refractivity contribution < 1.29 is 4.79 Å².